The molecule has 0 fully saturated rings. The van der Waals surface area contributed by atoms with Gasteiger partial charge in [-0.25, -0.2) is 4.99 Å². The van der Waals surface area contributed by atoms with Gasteiger partial charge >= 0.3 is 0 Å². The molecule has 0 unspecified atom stereocenters. The summed E-state index contributed by atoms with van der Waals surface area (Å²) in [6, 6.07) is 12.6. The maximum absolute atomic E-state index is 13.5. The zero-order valence-corrected chi connectivity index (χ0v) is 19.0. The summed E-state index contributed by atoms with van der Waals surface area (Å²) in [5, 5.41) is 9.06. The molecule has 0 saturated heterocycles. The Labute approximate surface area is 191 Å². The summed E-state index contributed by atoms with van der Waals surface area (Å²) in [5.74, 6) is -0.266. The molecule has 1 aromatic carbocycles. The Morgan fingerprint density at radius 1 is 1.19 bits per heavy atom. The predicted molar refractivity (Wildman–Crippen MR) is 126 cm³/mol. The van der Waals surface area contributed by atoms with Crippen LogP contribution in [-0.4, -0.2) is 20.3 Å². The second-order valence-corrected chi connectivity index (χ2v) is 9.35. The summed E-state index contributed by atoms with van der Waals surface area (Å²) in [6.07, 6.45) is 5.36. The summed E-state index contributed by atoms with van der Waals surface area (Å²) in [4.78, 5) is 33.0. The van der Waals surface area contributed by atoms with E-state index in [1.165, 1.54) is 22.7 Å². The molecule has 5 rings (SSSR count). The molecule has 0 saturated carbocycles. The molecular formula is C23H19N5O2S2. The number of para-hydroxylation sites is 1. The summed E-state index contributed by atoms with van der Waals surface area (Å²) < 4.78 is 3.87. The zero-order valence-electron chi connectivity index (χ0n) is 17.4. The van der Waals surface area contributed by atoms with Gasteiger partial charge in [0, 0.05) is 29.4 Å². The lowest BCUT2D eigenvalue weighted by Crippen LogP contribution is -2.40. The van der Waals surface area contributed by atoms with Crippen LogP contribution in [0, 0.1) is 0 Å². The molecule has 4 heterocycles. The number of anilines is 1. The lowest BCUT2D eigenvalue weighted by molar-refractivity contribution is -0.113. The summed E-state index contributed by atoms with van der Waals surface area (Å²) in [6.45, 7) is 1.82. The molecule has 1 aliphatic rings. The van der Waals surface area contributed by atoms with Crippen LogP contribution in [0.15, 0.2) is 81.3 Å². The Kier molecular flexibility index (Phi) is 5.20. The topological polar surface area (TPSA) is 81.3 Å². The first kappa shape index (κ1) is 20.3. The quantitative estimate of drug-likeness (QED) is 0.507. The van der Waals surface area contributed by atoms with Gasteiger partial charge in [-0.1, -0.05) is 35.6 Å². The van der Waals surface area contributed by atoms with Crippen molar-refractivity contribution in [2.24, 2.45) is 12.0 Å². The molecule has 9 heteroatoms. The third-order valence-corrected chi connectivity index (χ3v) is 7.04. The van der Waals surface area contributed by atoms with Crippen molar-refractivity contribution >= 4 is 40.3 Å². The van der Waals surface area contributed by atoms with Crippen LogP contribution in [0.2, 0.25) is 0 Å². The van der Waals surface area contributed by atoms with Crippen molar-refractivity contribution in [1.29, 1.82) is 0 Å². The van der Waals surface area contributed by atoms with Crippen LogP contribution in [-0.2, 0) is 11.8 Å². The van der Waals surface area contributed by atoms with Crippen molar-refractivity contribution < 1.29 is 4.79 Å². The van der Waals surface area contributed by atoms with Crippen LogP contribution in [0.25, 0.3) is 6.08 Å². The monoisotopic (exact) mass is 461 g/mol. The van der Waals surface area contributed by atoms with Crippen molar-refractivity contribution in [1.82, 2.24) is 14.3 Å². The number of benzene rings is 1. The molecular weight excluding hydrogens is 442 g/mol. The number of carbonyl (C=O) groups is 1. The number of nitrogens with one attached hydrogen (secondary N) is 1. The minimum absolute atomic E-state index is 0.173. The first-order chi connectivity index (χ1) is 15.5. The van der Waals surface area contributed by atoms with Gasteiger partial charge in [0.15, 0.2) is 4.80 Å². The Morgan fingerprint density at radius 3 is 2.69 bits per heavy atom. The van der Waals surface area contributed by atoms with Crippen molar-refractivity contribution in [2.75, 3.05) is 5.32 Å². The standard InChI is InChI=1S/C23H19N5O2S2/c1-14-19(21(29)26-16-7-4-3-5-8-16)20(17-9-6-10-31-17)28-22(30)18(32-23(28)25-14)11-15-12-24-27(2)13-15/h3-13,20H,1-2H3,(H,26,29)/t20-/m1/s1. The summed E-state index contributed by atoms with van der Waals surface area (Å²) >= 11 is 2.83. The number of thiophene rings is 1. The molecule has 1 amide bonds. The number of rotatable bonds is 4. The third-order valence-electron chi connectivity index (χ3n) is 5.13. The van der Waals surface area contributed by atoms with E-state index in [1.54, 1.807) is 15.4 Å². The highest BCUT2D eigenvalue weighted by Gasteiger charge is 2.33. The Morgan fingerprint density at radius 2 is 2.00 bits per heavy atom. The van der Waals surface area contributed by atoms with Crippen LogP contribution in [0.5, 0.6) is 0 Å². The van der Waals surface area contributed by atoms with E-state index in [4.69, 9.17) is 0 Å². The fourth-order valence-corrected chi connectivity index (χ4v) is 5.58. The molecule has 32 heavy (non-hydrogen) atoms. The number of allylic oxidation sites excluding steroid dienone is 1. The van der Waals surface area contributed by atoms with Crippen LogP contribution >= 0.6 is 22.7 Å². The highest BCUT2D eigenvalue weighted by atomic mass is 32.1. The van der Waals surface area contributed by atoms with Crippen molar-refractivity contribution in [3.8, 4) is 0 Å². The van der Waals surface area contributed by atoms with Gasteiger partial charge in [0.05, 0.1) is 22.0 Å². The van der Waals surface area contributed by atoms with Gasteiger partial charge in [-0.15, -0.1) is 11.3 Å². The van der Waals surface area contributed by atoms with E-state index in [0.717, 1.165) is 10.4 Å². The number of aryl methyl sites for hydroxylation is 1. The van der Waals surface area contributed by atoms with Crippen molar-refractivity contribution in [3.63, 3.8) is 0 Å². The van der Waals surface area contributed by atoms with E-state index < -0.39 is 6.04 Å². The maximum atomic E-state index is 13.5. The largest absolute Gasteiger partial charge is 0.322 e. The Balaban J connectivity index is 1.65. The van der Waals surface area contributed by atoms with Crippen LogP contribution < -0.4 is 20.2 Å². The fourth-order valence-electron chi connectivity index (χ4n) is 3.71. The molecule has 0 aliphatic carbocycles. The van der Waals surface area contributed by atoms with E-state index >= 15 is 0 Å². The molecule has 1 N–H and O–H groups in total. The normalized spacial score (nSPS) is 16.1. The minimum Gasteiger partial charge on any atom is -0.322 e. The summed E-state index contributed by atoms with van der Waals surface area (Å²) in [7, 11) is 1.83. The first-order valence-electron chi connectivity index (χ1n) is 9.92. The van der Waals surface area contributed by atoms with Gasteiger partial charge in [-0.3, -0.25) is 18.8 Å². The lowest BCUT2D eigenvalue weighted by Gasteiger charge is -2.24. The predicted octanol–water partition coefficient (Wildman–Crippen LogP) is 2.67. The minimum atomic E-state index is -0.536. The number of nitrogens with zero attached hydrogens (tertiary/aromatic N) is 4. The van der Waals surface area contributed by atoms with Crippen LogP contribution in [0.4, 0.5) is 5.69 Å². The molecule has 0 bridgehead atoms. The third kappa shape index (κ3) is 3.65. The molecule has 160 valence electrons. The van der Waals surface area contributed by atoms with E-state index in [9.17, 15) is 9.59 Å². The Bertz CT molecular complexity index is 1510. The molecule has 4 aromatic rings. The molecule has 3 aromatic heterocycles. The maximum Gasteiger partial charge on any atom is 0.271 e. The number of hydrogen-bond donors (Lipinski definition) is 1. The number of thiazole rings is 1. The van der Waals surface area contributed by atoms with Crippen LogP contribution in [0.1, 0.15) is 23.4 Å². The summed E-state index contributed by atoms with van der Waals surface area (Å²) in [5.41, 5.74) is 2.43. The molecule has 0 spiro atoms. The number of aromatic nitrogens is 3. The average Bonchev–Trinajstić information content (AvgIpc) is 3.50. The Hall–Kier alpha value is -3.56. The molecule has 0 radical (unpaired) electrons. The molecule has 7 nitrogen and oxygen atoms in total. The number of hydrogen-bond acceptors (Lipinski definition) is 6. The van der Waals surface area contributed by atoms with E-state index in [0.29, 0.717) is 26.3 Å². The highest BCUT2D eigenvalue weighted by molar-refractivity contribution is 7.10. The second-order valence-electron chi connectivity index (χ2n) is 7.36. The van der Waals surface area contributed by atoms with Gasteiger partial charge in [0.1, 0.15) is 6.04 Å². The first-order valence-corrected chi connectivity index (χ1v) is 11.6. The molecule has 1 atom stereocenters. The van der Waals surface area contributed by atoms with E-state index in [1.807, 2.05) is 74.1 Å². The van der Waals surface area contributed by atoms with Gasteiger partial charge in [0.2, 0.25) is 0 Å². The van der Waals surface area contributed by atoms with Crippen molar-refractivity contribution in [2.45, 2.75) is 13.0 Å². The molecule has 1 aliphatic heterocycles. The van der Waals surface area contributed by atoms with Crippen molar-refractivity contribution in [3.05, 3.63) is 102 Å². The van der Waals surface area contributed by atoms with Gasteiger partial charge in [-0.2, -0.15) is 5.10 Å². The van der Waals surface area contributed by atoms with Crippen LogP contribution in [0.3, 0.4) is 0 Å². The lowest BCUT2D eigenvalue weighted by atomic mass is 10.0. The number of carbonyl (C=O) groups excluding carboxylic acids is 1. The average molecular weight is 462 g/mol. The highest BCUT2D eigenvalue weighted by Crippen LogP contribution is 2.33. The van der Waals surface area contributed by atoms with E-state index in [2.05, 4.69) is 15.4 Å². The smallest absolute Gasteiger partial charge is 0.271 e. The van der Waals surface area contributed by atoms with E-state index in [-0.39, 0.29) is 11.5 Å². The SMILES string of the molecule is CC1=C(C(=O)Nc2ccccc2)[C@@H](c2cccs2)n2c(sc(=Cc3cnn(C)c3)c2=O)=N1. The van der Waals surface area contributed by atoms with Gasteiger partial charge in [-0.05, 0) is 36.6 Å². The van der Waals surface area contributed by atoms with Gasteiger partial charge < -0.3 is 5.32 Å². The second kappa shape index (κ2) is 8.18. The van der Waals surface area contributed by atoms with Gasteiger partial charge in [0.25, 0.3) is 11.5 Å². The fraction of sp³-hybridized carbons (Fsp3) is 0.130. The number of amides is 1. The number of fused-ring (bicyclic) bond motifs is 1. The zero-order chi connectivity index (χ0) is 22.2.